The first-order valence-electron chi connectivity index (χ1n) is 9.32. The average Bonchev–Trinajstić information content (AvgIpc) is 3.37. The number of nitrogens with zero attached hydrogens (tertiary/aromatic N) is 3. The molecule has 0 atom stereocenters. The molecule has 1 aliphatic carbocycles. The molecule has 0 aliphatic heterocycles. The summed E-state index contributed by atoms with van der Waals surface area (Å²) in [6, 6.07) is 8.18. The largest absolute Gasteiger partial charge is 0.493 e. The maximum absolute atomic E-state index is 14.5. The van der Waals surface area contributed by atoms with Gasteiger partial charge in [-0.15, -0.1) is 0 Å². The molecule has 0 spiro atoms. The SMILES string of the molecule is CCCn1cc(-n2cc(-c3ccc(OCC4CC4)cc3F)cn2)ccc1=O. The van der Waals surface area contributed by atoms with E-state index in [1.807, 2.05) is 6.92 Å². The zero-order chi connectivity index (χ0) is 18.8. The first-order valence-corrected chi connectivity index (χ1v) is 9.32. The van der Waals surface area contributed by atoms with Crippen molar-refractivity contribution in [2.24, 2.45) is 5.92 Å². The highest BCUT2D eigenvalue weighted by Gasteiger charge is 2.22. The van der Waals surface area contributed by atoms with Gasteiger partial charge >= 0.3 is 0 Å². The van der Waals surface area contributed by atoms with Gasteiger partial charge in [0.25, 0.3) is 5.56 Å². The second kappa shape index (κ2) is 7.39. The Morgan fingerprint density at radius 3 is 2.81 bits per heavy atom. The van der Waals surface area contributed by atoms with Crippen molar-refractivity contribution in [1.82, 2.24) is 14.3 Å². The predicted octanol–water partition coefficient (Wildman–Crippen LogP) is 4.04. The van der Waals surface area contributed by atoms with E-state index in [4.69, 9.17) is 4.74 Å². The van der Waals surface area contributed by atoms with Crippen molar-refractivity contribution >= 4 is 0 Å². The van der Waals surface area contributed by atoms with Crippen molar-refractivity contribution in [1.29, 1.82) is 0 Å². The molecule has 5 nitrogen and oxygen atoms in total. The molecule has 1 saturated carbocycles. The molecule has 1 aromatic carbocycles. The number of ether oxygens (including phenoxy) is 1. The van der Waals surface area contributed by atoms with Crippen LogP contribution in [0.5, 0.6) is 5.75 Å². The average molecular weight is 367 g/mol. The van der Waals surface area contributed by atoms with Crippen LogP contribution in [0.3, 0.4) is 0 Å². The molecule has 6 heteroatoms. The normalized spacial score (nSPS) is 13.7. The molecule has 2 aromatic heterocycles. The maximum atomic E-state index is 14.5. The summed E-state index contributed by atoms with van der Waals surface area (Å²) in [6.45, 7) is 3.33. The van der Waals surface area contributed by atoms with Crippen LogP contribution in [0.2, 0.25) is 0 Å². The highest BCUT2D eigenvalue weighted by Crippen LogP contribution is 2.31. The van der Waals surface area contributed by atoms with Gasteiger partial charge in [0, 0.05) is 42.2 Å². The van der Waals surface area contributed by atoms with Crippen molar-refractivity contribution in [3.05, 3.63) is 65.1 Å². The second-order valence-corrected chi connectivity index (χ2v) is 6.99. The predicted molar refractivity (Wildman–Crippen MR) is 102 cm³/mol. The van der Waals surface area contributed by atoms with E-state index in [9.17, 15) is 9.18 Å². The first-order chi connectivity index (χ1) is 13.1. The molecule has 0 bridgehead atoms. The van der Waals surface area contributed by atoms with E-state index in [-0.39, 0.29) is 11.4 Å². The third-order valence-electron chi connectivity index (χ3n) is 4.71. The monoisotopic (exact) mass is 367 g/mol. The number of aryl methyl sites for hydroxylation is 1. The van der Waals surface area contributed by atoms with Crippen LogP contribution in [-0.2, 0) is 6.54 Å². The molecule has 0 saturated heterocycles. The van der Waals surface area contributed by atoms with Gasteiger partial charge < -0.3 is 9.30 Å². The molecule has 0 unspecified atom stereocenters. The lowest BCUT2D eigenvalue weighted by Crippen LogP contribution is -2.19. The lowest BCUT2D eigenvalue weighted by atomic mass is 10.1. The van der Waals surface area contributed by atoms with Crippen LogP contribution in [0.25, 0.3) is 16.8 Å². The zero-order valence-electron chi connectivity index (χ0n) is 15.3. The number of hydrogen-bond donors (Lipinski definition) is 0. The third kappa shape index (κ3) is 3.94. The lowest BCUT2D eigenvalue weighted by Gasteiger charge is -2.08. The Hall–Kier alpha value is -2.89. The Bertz CT molecular complexity index is 1000. The van der Waals surface area contributed by atoms with Gasteiger partial charge in [0.05, 0.1) is 18.5 Å². The molecule has 3 aromatic rings. The minimum Gasteiger partial charge on any atom is -0.493 e. The second-order valence-electron chi connectivity index (χ2n) is 6.99. The standard InChI is InChI=1S/C21H22FN3O2/c1-2-9-24-13-17(5-8-21(24)26)25-12-16(11-23-25)19-7-6-18(10-20(19)22)27-14-15-3-4-15/h5-8,10-13,15H,2-4,9,14H2,1H3. The molecule has 1 aliphatic rings. The summed E-state index contributed by atoms with van der Waals surface area (Å²) >= 11 is 0. The number of rotatable bonds is 7. The molecule has 0 N–H and O–H groups in total. The molecule has 4 rings (SSSR count). The van der Waals surface area contributed by atoms with Gasteiger partial charge in [-0.1, -0.05) is 6.92 Å². The van der Waals surface area contributed by atoms with Crippen molar-refractivity contribution in [3.8, 4) is 22.6 Å². The fraction of sp³-hybridized carbons (Fsp3) is 0.333. The lowest BCUT2D eigenvalue weighted by molar-refractivity contribution is 0.298. The molecule has 1 fully saturated rings. The summed E-state index contributed by atoms with van der Waals surface area (Å²) in [7, 11) is 0. The van der Waals surface area contributed by atoms with E-state index in [1.54, 1.807) is 46.0 Å². The zero-order valence-corrected chi connectivity index (χ0v) is 15.3. The number of pyridine rings is 1. The summed E-state index contributed by atoms with van der Waals surface area (Å²) in [5.74, 6) is 0.850. The van der Waals surface area contributed by atoms with E-state index in [0.29, 0.717) is 35.9 Å². The summed E-state index contributed by atoms with van der Waals surface area (Å²) in [6.07, 6.45) is 8.43. The maximum Gasteiger partial charge on any atom is 0.250 e. The van der Waals surface area contributed by atoms with Crippen LogP contribution in [0.4, 0.5) is 4.39 Å². The van der Waals surface area contributed by atoms with Gasteiger partial charge in [-0.3, -0.25) is 4.79 Å². The van der Waals surface area contributed by atoms with Crippen molar-refractivity contribution < 1.29 is 9.13 Å². The fourth-order valence-electron chi connectivity index (χ4n) is 2.99. The third-order valence-corrected chi connectivity index (χ3v) is 4.71. The topological polar surface area (TPSA) is 49.0 Å². The Balaban J connectivity index is 1.57. The Kier molecular flexibility index (Phi) is 4.79. The van der Waals surface area contributed by atoms with E-state index < -0.39 is 0 Å². The summed E-state index contributed by atoms with van der Waals surface area (Å²) in [4.78, 5) is 11.9. The van der Waals surface area contributed by atoms with E-state index in [1.165, 1.54) is 25.0 Å². The van der Waals surface area contributed by atoms with Crippen molar-refractivity contribution in [2.75, 3.05) is 6.61 Å². The van der Waals surface area contributed by atoms with Gasteiger partial charge in [0.1, 0.15) is 11.6 Å². The summed E-state index contributed by atoms with van der Waals surface area (Å²) < 4.78 is 23.5. The smallest absolute Gasteiger partial charge is 0.250 e. The van der Waals surface area contributed by atoms with Crippen molar-refractivity contribution in [3.63, 3.8) is 0 Å². The van der Waals surface area contributed by atoms with Gasteiger partial charge in [0.2, 0.25) is 0 Å². The highest BCUT2D eigenvalue weighted by atomic mass is 19.1. The minimum absolute atomic E-state index is 0.0409. The van der Waals surface area contributed by atoms with Crippen LogP contribution in [-0.4, -0.2) is 21.0 Å². The molecule has 0 radical (unpaired) electrons. The molecule has 0 amide bonds. The molecule has 2 heterocycles. The number of hydrogen-bond acceptors (Lipinski definition) is 3. The van der Waals surface area contributed by atoms with E-state index in [2.05, 4.69) is 5.10 Å². The Labute approximate surface area is 157 Å². The van der Waals surface area contributed by atoms with E-state index in [0.717, 1.165) is 12.1 Å². The summed E-state index contributed by atoms with van der Waals surface area (Å²) in [5.41, 5.74) is 1.87. The van der Waals surface area contributed by atoms with Crippen LogP contribution >= 0.6 is 0 Å². The fourth-order valence-corrected chi connectivity index (χ4v) is 2.99. The number of aromatic nitrogens is 3. The Morgan fingerprint density at radius 2 is 2.07 bits per heavy atom. The molecule has 140 valence electrons. The summed E-state index contributed by atoms with van der Waals surface area (Å²) in [5, 5.41) is 4.33. The van der Waals surface area contributed by atoms with Gasteiger partial charge in [0.15, 0.2) is 0 Å². The van der Waals surface area contributed by atoms with Gasteiger partial charge in [-0.25, -0.2) is 9.07 Å². The Morgan fingerprint density at radius 1 is 1.22 bits per heavy atom. The molecular weight excluding hydrogens is 345 g/mol. The van der Waals surface area contributed by atoms with Crippen LogP contribution in [0.15, 0.2) is 53.7 Å². The minimum atomic E-state index is -0.334. The number of benzene rings is 1. The highest BCUT2D eigenvalue weighted by molar-refractivity contribution is 5.64. The van der Waals surface area contributed by atoms with Crippen LogP contribution < -0.4 is 10.3 Å². The quantitative estimate of drug-likeness (QED) is 0.633. The molecule has 27 heavy (non-hydrogen) atoms. The van der Waals surface area contributed by atoms with Crippen molar-refractivity contribution in [2.45, 2.75) is 32.7 Å². The van der Waals surface area contributed by atoms with Crippen LogP contribution in [0, 0.1) is 11.7 Å². The van der Waals surface area contributed by atoms with Gasteiger partial charge in [-0.2, -0.15) is 5.10 Å². The number of halogens is 1. The van der Waals surface area contributed by atoms with Gasteiger partial charge in [-0.05, 0) is 43.4 Å². The van der Waals surface area contributed by atoms with E-state index >= 15 is 0 Å². The van der Waals surface area contributed by atoms with Crippen LogP contribution in [0.1, 0.15) is 26.2 Å². The molecular formula is C21H22FN3O2. The first kappa shape index (κ1) is 17.5.